The molecule has 1 atom stereocenters. The van der Waals surface area contributed by atoms with Gasteiger partial charge >= 0.3 is 0 Å². The Balaban J connectivity index is 2.42. The number of nitrogen functional groups attached to an aromatic ring is 1. The van der Waals surface area contributed by atoms with E-state index in [4.69, 9.17) is 5.73 Å². The van der Waals surface area contributed by atoms with Crippen LogP contribution >= 0.6 is 0 Å². The maximum Gasteiger partial charge on any atom is 0.223 e. The first-order valence-corrected chi connectivity index (χ1v) is 5.75. The lowest BCUT2D eigenvalue weighted by Gasteiger charge is -2.11. The van der Waals surface area contributed by atoms with Gasteiger partial charge < -0.3 is 11.1 Å². The van der Waals surface area contributed by atoms with E-state index in [2.05, 4.69) is 12.2 Å². The zero-order chi connectivity index (χ0) is 12.0. The highest BCUT2D eigenvalue weighted by Gasteiger charge is 2.10. The van der Waals surface area contributed by atoms with E-state index in [9.17, 15) is 4.79 Å². The van der Waals surface area contributed by atoms with Gasteiger partial charge in [-0.15, -0.1) is 0 Å². The molecule has 3 N–H and O–H groups in total. The van der Waals surface area contributed by atoms with Crippen LogP contribution < -0.4 is 11.1 Å². The molecule has 0 aromatic heterocycles. The second kappa shape index (κ2) is 6.16. The molecule has 0 fully saturated rings. The zero-order valence-corrected chi connectivity index (χ0v) is 9.99. The number of nitrogens with one attached hydrogen (secondary N) is 1. The summed E-state index contributed by atoms with van der Waals surface area (Å²) in [5, 5.41) is 2.92. The highest BCUT2D eigenvalue weighted by molar-refractivity contribution is 5.78. The van der Waals surface area contributed by atoms with Crippen molar-refractivity contribution in [2.75, 3.05) is 5.73 Å². The zero-order valence-electron chi connectivity index (χ0n) is 9.99. The van der Waals surface area contributed by atoms with Gasteiger partial charge in [-0.1, -0.05) is 32.4 Å². The van der Waals surface area contributed by atoms with E-state index in [-0.39, 0.29) is 11.8 Å². The molecule has 1 aromatic carbocycles. The van der Waals surface area contributed by atoms with Crippen LogP contribution in [-0.2, 0) is 11.3 Å². The van der Waals surface area contributed by atoms with Crippen LogP contribution in [0, 0.1) is 5.92 Å². The Morgan fingerprint density at radius 2 is 2.25 bits per heavy atom. The summed E-state index contributed by atoms with van der Waals surface area (Å²) in [5.74, 6) is 0.204. The number of amides is 1. The van der Waals surface area contributed by atoms with Crippen LogP contribution in [0.5, 0.6) is 0 Å². The van der Waals surface area contributed by atoms with Crippen LogP contribution in [0.4, 0.5) is 5.69 Å². The predicted octanol–water partition coefficient (Wildman–Crippen LogP) is 2.32. The molecule has 88 valence electrons. The summed E-state index contributed by atoms with van der Waals surface area (Å²) in [7, 11) is 0. The molecule has 0 heterocycles. The van der Waals surface area contributed by atoms with Crippen molar-refractivity contribution in [2.24, 2.45) is 5.92 Å². The highest BCUT2D eigenvalue weighted by atomic mass is 16.1. The SMILES string of the molecule is CCCC(C)C(=O)NCc1cccc(N)c1. The maximum atomic E-state index is 11.6. The first kappa shape index (κ1) is 12.6. The van der Waals surface area contributed by atoms with Gasteiger partial charge in [0.1, 0.15) is 0 Å². The number of carbonyl (C=O) groups is 1. The van der Waals surface area contributed by atoms with Gasteiger partial charge in [0, 0.05) is 18.2 Å². The largest absolute Gasteiger partial charge is 0.399 e. The average molecular weight is 220 g/mol. The number of rotatable bonds is 5. The van der Waals surface area contributed by atoms with Gasteiger partial charge in [0.25, 0.3) is 0 Å². The Hall–Kier alpha value is -1.51. The van der Waals surface area contributed by atoms with E-state index in [0.717, 1.165) is 24.1 Å². The molecule has 0 radical (unpaired) electrons. The quantitative estimate of drug-likeness (QED) is 0.748. The molecule has 0 saturated carbocycles. The van der Waals surface area contributed by atoms with Crippen LogP contribution in [0.25, 0.3) is 0 Å². The number of anilines is 1. The summed E-state index contributed by atoms with van der Waals surface area (Å²) < 4.78 is 0. The van der Waals surface area contributed by atoms with Gasteiger partial charge in [0.05, 0.1) is 0 Å². The first-order chi connectivity index (χ1) is 7.63. The van der Waals surface area contributed by atoms with Crippen molar-refractivity contribution in [3.63, 3.8) is 0 Å². The van der Waals surface area contributed by atoms with Crippen molar-refractivity contribution in [3.05, 3.63) is 29.8 Å². The smallest absolute Gasteiger partial charge is 0.223 e. The molecule has 0 saturated heterocycles. The molecule has 1 amide bonds. The summed E-state index contributed by atoms with van der Waals surface area (Å²) in [6, 6.07) is 7.57. The topological polar surface area (TPSA) is 55.1 Å². The molecule has 0 aliphatic heterocycles. The van der Waals surface area contributed by atoms with Crippen molar-refractivity contribution in [1.29, 1.82) is 0 Å². The lowest BCUT2D eigenvalue weighted by Crippen LogP contribution is -2.28. The van der Waals surface area contributed by atoms with Crippen LogP contribution in [-0.4, -0.2) is 5.91 Å². The van der Waals surface area contributed by atoms with Gasteiger partial charge in [-0.25, -0.2) is 0 Å². The van der Waals surface area contributed by atoms with Crippen LogP contribution in [0.15, 0.2) is 24.3 Å². The molecule has 1 unspecified atom stereocenters. The van der Waals surface area contributed by atoms with Gasteiger partial charge in [-0.05, 0) is 24.1 Å². The van der Waals surface area contributed by atoms with Crippen molar-refractivity contribution < 1.29 is 4.79 Å². The lowest BCUT2D eigenvalue weighted by atomic mass is 10.1. The Labute approximate surface area is 97.0 Å². The number of carbonyl (C=O) groups excluding carboxylic acids is 1. The van der Waals surface area contributed by atoms with Crippen molar-refractivity contribution in [2.45, 2.75) is 33.2 Å². The molecule has 3 heteroatoms. The van der Waals surface area contributed by atoms with E-state index in [1.807, 2.05) is 31.2 Å². The minimum Gasteiger partial charge on any atom is -0.399 e. The maximum absolute atomic E-state index is 11.6. The molecule has 0 bridgehead atoms. The van der Waals surface area contributed by atoms with Gasteiger partial charge in [0.2, 0.25) is 5.91 Å². The van der Waals surface area contributed by atoms with E-state index in [1.54, 1.807) is 0 Å². The Morgan fingerprint density at radius 3 is 2.88 bits per heavy atom. The molecule has 3 nitrogen and oxygen atoms in total. The number of nitrogens with two attached hydrogens (primary N) is 1. The fourth-order valence-corrected chi connectivity index (χ4v) is 1.63. The fraction of sp³-hybridized carbons (Fsp3) is 0.462. The summed E-state index contributed by atoms with van der Waals surface area (Å²) in [5.41, 5.74) is 7.43. The molecule has 0 aliphatic rings. The molecule has 1 rings (SSSR count). The highest BCUT2D eigenvalue weighted by Crippen LogP contribution is 2.08. The van der Waals surface area contributed by atoms with E-state index in [1.165, 1.54) is 0 Å². The fourth-order valence-electron chi connectivity index (χ4n) is 1.63. The Bertz CT molecular complexity index is 350. The van der Waals surface area contributed by atoms with E-state index < -0.39 is 0 Å². The summed E-state index contributed by atoms with van der Waals surface area (Å²) >= 11 is 0. The second-order valence-corrected chi connectivity index (χ2v) is 4.15. The summed E-state index contributed by atoms with van der Waals surface area (Å²) in [4.78, 5) is 11.6. The minimum atomic E-state index is 0.0889. The average Bonchev–Trinajstić information content (AvgIpc) is 2.26. The number of benzene rings is 1. The van der Waals surface area contributed by atoms with Crippen LogP contribution in [0.2, 0.25) is 0 Å². The predicted molar refractivity (Wildman–Crippen MR) is 66.8 cm³/mol. The van der Waals surface area contributed by atoms with Crippen LogP contribution in [0.3, 0.4) is 0 Å². The number of hydrogen-bond donors (Lipinski definition) is 2. The molecule has 16 heavy (non-hydrogen) atoms. The van der Waals surface area contributed by atoms with Crippen molar-refractivity contribution >= 4 is 11.6 Å². The second-order valence-electron chi connectivity index (χ2n) is 4.15. The lowest BCUT2D eigenvalue weighted by molar-refractivity contribution is -0.124. The molecular weight excluding hydrogens is 200 g/mol. The van der Waals surface area contributed by atoms with Gasteiger partial charge in [-0.2, -0.15) is 0 Å². The standard InChI is InChI=1S/C13H20N2O/c1-3-5-10(2)13(16)15-9-11-6-4-7-12(14)8-11/h4,6-8,10H,3,5,9,14H2,1-2H3,(H,15,16). The third-order valence-electron chi connectivity index (χ3n) is 2.59. The minimum absolute atomic E-state index is 0.0889. The first-order valence-electron chi connectivity index (χ1n) is 5.75. The Morgan fingerprint density at radius 1 is 1.50 bits per heavy atom. The van der Waals surface area contributed by atoms with Gasteiger partial charge in [0.15, 0.2) is 0 Å². The summed E-state index contributed by atoms with van der Waals surface area (Å²) in [6.07, 6.45) is 1.97. The molecular formula is C13H20N2O. The van der Waals surface area contributed by atoms with Crippen molar-refractivity contribution in [1.82, 2.24) is 5.32 Å². The molecule has 0 aliphatic carbocycles. The third kappa shape index (κ3) is 3.93. The normalized spacial score (nSPS) is 12.1. The summed E-state index contributed by atoms with van der Waals surface area (Å²) in [6.45, 7) is 4.60. The molecule has 1 aromatic rings. The molecule has 0 spiro atoms. The van der Waals surface area contributed by atoms with E-state index in [0.29, 0.717) is 6.54 Å². The Kier molecular flexibility index (Phi) is 4.83. The third-order valence-corrected chi connectivity index (χ3v) is 2.59. The van der Waals surface area contributed by atoms with E-state index >= 15 is 0 Å². The van der Waals surface area contributed by atoms with Crippen molar-refractivity contribution in [3.8, 4) is 0 Å². The monoisotopic (exact) mass is 220 g/mol. The number of hydrogen-bond acceptors (Lipinski definition) is 2. The van der Waals surface area contributed by atoms with Gasteiger partial charge in [-0.3, -0.25) is 4.79 Å². The van der Waals surface area contributed by atoms with Crippen LogP contribution in [0.1, 0.15) is 32.3 Å².